The van der Waals surface area contributed by atoms with Crippen molar-refractivity contribution in [3.63, 3.8) is 0 Å². The van der Waals surface area contributed by atoms with E-state index in [9.17, 15) is 3.74 Å². The second-order valence-electron chi connectivity index (χ2n) is 0.560. The molecule has 38 valence electrons. The van der Waals surface area contributed by atoms with Gasteiger partial charge in [-0.1, -0.05) is 0 Å². The molecule has 0 aromatic rings. The summed E-state index contributed by atoms with van der Waals surface area (Å²) in [5.41, 5.74) is 0. The van der Waals surface area contributed by atoms with Crippen molar-refractivity contribution < 1.29 is 15.2 Å². The van der Waals surface area contributed by atoms with Gasteiger partial charge >= 0.3 is 41.6 Å². The molecule has 0 fully saturated rings. The van der Waals surface area contributed by atoms with Crippen molar-refractivity contribution in [1.82, 2.24) is 0 Å². The van der Waals surface area contributed by atoms with E-state index in [1.165, 1.54) is 0 Å². The molecule has 0 radical (unpaired) electrons. The van der Waals surface area contributed by atoms with Gasteiger partial charge in [0.1, 0.15) is 0 Å². The van der Waals surface area contributed by atoms with Crippen molar-refractivity contribution >= 4 is 26.4 Å². The Morgan fingerprint density at radius 3 is 1.83 bits per heavy atom. The first kappa shape index (κ1) is 6.53. The molecule has 0 aliphatic carbocycles. The van der Waals surface area contributed by atoms with Crippen LogP contribution in [0, 0.1) is 0 Å². The Kier molecular flexibility index (Phi) is 2.18. The van der Waals surface area contributed by atoms with Crippen LogP contribution in [0.5, 0.6) is 0 Å². The summed E-state index contributed by atoms with van der Waals surface area (Å²) in [4.78, 5) is 0. The zero-order valence-corrected chi connectivity index (χ0v) is 5.17. The van der Waals surface area contributed by atoms with Gasteiger partial charge < -0.3 is 0 Å². The molecule has 6 heteroatoms. The van der Waals surface area contributed by atoms with Crippen molar-refractivity contribution in [2.75, 3.05) is 0 Å². The second kappa shape index (κ2) is 2.00. The molecule has 0 saturated heterocycles. The quantitative estimate of drug-likeness (QED) is 0.503. The molecule has 0 spiro atoms. The van der Waals surface area contributed by atoms with Crippen molar-refractivity contribution in [2.45, 2.75) is 0 Å². The summed E-state index contributed by atoms with van der Waals surface area (Å²) in [7, 11) is 0. The molecular weight excluding hydrogens is 174 g/mol. The molecule has 0 heterocycles. The van der Waals surface area contributed by atoms with Gasteiger partial charge in [0.2, 0.25) is 0 Å². The third kappa shape index (κ3) is 4.53. The Balaban J connectivity index is 3.48. The van der Waals surface area contributed by atoms with Crippen molar-refractivity contribution in [3.05, 3.63) is 0 Å². The van der Waals surface area contributed by atoms with Gasteiger partial charge in [-0.2, -0.15) is 0 Å². The summed E-state index contributed by atoms with van der Waals surface area (Å²) < 4.78 is 27.8. The maximum absolute atomic E-state index is 9.40. The Hall–Kier alpha value is 0.528. The van der Waals surface area contributed by atoms with Gasteiger partial charge in [0.05, 0.1) is 0 Å². The monoisotopic (exact) mass is 176 g/mol. The molecule has 0 aliphatic rings. The molecule has 0 aromatic heterocycles. The molecule has 2 N–H and O–H groups in total. The zero-order valence-electron chi connectivity index (χ0n) is 2.54. The molecular formula is H2AsClO4. The van der Waals surface area contributed by atoms with Crippen LogP contribution < -0.4 is 0 Å². The Bertz CT molecular complexity index is 71.6. The maximum atomic E-state index is 9.40. The number of rotatable bonds is 1. The van der Waals surface area contributed by atoms with E-state index in [-0.39, 0.29) is 0 Å². The van der Waals surface area contributed by atoms with E-state index in [4.69, 9.17) is 8.19 Å². The van der Waals surface area contributed by atoms with E-state index in [0.29, 0.717) is 0 Å². The van der Waals surface area contributed by atoms with Crippen LogP contribution in [0.25, 0.3) is 0 Å². The topological polar surface area (TPSA) is 66.8 Å². The summed E-state index contributed by atoms with van der Waals surface area (Å²) in [6.07, 6.45) is 0. The van der Waals surface area contributed by atoms with Gasteiger partial charge in [0.25, 0.3) is 0 Å². The van der Waals surface area contributed by atoms with E-state index in [0.717, 1.165) is 0 Å². The molecule has 0 aromatic carbocycles. The molecule has 0 atom stereocenters. The summed E-state index contributed by atoms with van der Waals surface area (Å²) >= 11 is -0.653. The predicted molar refractivity (Wildman–Crippen MR) is 17.8 cm³/mol. The van der Waals surface area contributed by atoms with Crippen LogP contribution in [-0.4, -0.2) is 22.7 Å². The minimum absolute atomic E-state index is 3.14. The fourth-order valence-corrected chi connectivity index (χ4v) is 0. The Labute approximate surface area is 42.2 Å². The first-order valence-electron chi connectivity index (χ1n) is 0.919. The minimum atomic E-state index is -4.89. The summed E-state index contributed by atoms with van der Waals surface area (Å²) in [5, 5.41) is 0. The Morgan fingerprint density at radius 2 is 1.83 bits per heavy atom. The van der Waals surface area contributed by atoms with Gasteiger partial charge in [0, 0.05) is 0 Å². The number of halogens is 1. The van der Waals surface area contributed by atoms with Crippen LogP contribution in [0.4, 0.5) is 0 Å². The van der Waals surface area contributed by atoms with Gasteiger partial charge in [0.15, 0.2) is 0 Å². The van der Waals surface area contributed by atoms with E-state index in [1.807, 2.05) is 0 Å². The molecule has 0 saturated carbocycles. The Morgan fingerprint density at radius 1 is 1.67 bits per heavy atom. The van der Waals surface area contributed by atoms with Gasteiger partial charge in [-0.3, -0.25) is 0 Å². The standard InChI is InChI=1S/AsClH2O4/c2-6-1(3,4)5/h(H2,3,4,5). The summed E-state index contributed by atoms with van der Waals surface area (Å²) in [6, 6.07) is 0. The predicted octanol–water partition coefficient (Wildman–Crippen LogP) is -0.993. The molecule has 0 amide bonds. The first-order valence-corrected chi connectivity index (χ1v) is 4.44. The molecule has 0 rings (SSSR count). The molecule has 6 heavy (non-hydrogen) atoms. The van der Waals surface area contributed by atoms with E-state index in [1.54, 1.807) is 0 Å². The fourth-order valence-electron chi connectivity index (χ4n) is 0. The van der Waals surface area contributed by atoms with Crippen molar-refractivity contribution in [1.29, 1.82) is 0 Å². The van der Waals surface area contributed by atoms with Crippen LogP contribution >= 0.6 is 11.9 Å². The molecule has 0 unspecified atom stereocenters. The third-order valence-corrected chi connectivity index (χ3v) is 1.40. The van der Waals surface area contributed by atoms with Crippen LogP contribution in [-0.2, 0) is 7.02 Å². The molecule has 0 aliphatic heterocycles. The van der Waals surface area contributed by atoms with E-state index < -0.39 is 14.5 Å². The van der Waals surface area contributed by atoms with Gasteiger partial charge in [-0.25, -0.2) is 0 Å². The van der Waals surface area contributed by atoms with Crippen LogP contribution in [0.2, 0.25) is 0 Å². The average molecular weight is 176 g/mol. The molecule has 4 nitrogen and oxygen atoms in total. The van der Waals surface area contributed by atoms with Gasteiger partial charge in [-0.05, 0) is 0 Å². The fraction of sp³-hybridized carbons (Fsp3) is 0. The molecule has 0 bridgehead atoms. The number of hydrogen-bond donors (Lipinski definition) is 2. The summed E-state index contributed by atoms with van der Waals surface area (Å²) in [6.45, 7) is 0. The zero-order chi connectivity index (χ0) is 5.21. The van der Waals surface area contributed by atoms with E-state index in [2.05, 4.69) is 15.1 Å². The summed E-state index contributed by atoms with van der Waals surface area (Å²) in [5.74, 6) is 0. The van der Waals surface area contributed by atoms with Crippen molar-refractivity contribution in [2.24, 2.45) is 0 Å². The first-order chi connectivity index (χ1) is 2.56. The average Bonchev–Trinajstić information content (AvgIpc) is 1.35. The van der Waals surface area contributed by atoms with Crippen LogP contribution in [0.1, 0.15) is 0 Å². The van der Waals surface area contributed by atoms with Gasteiger partial charge in [-0.15, -0.1) is 0 Å². The van der Waals surface area contributed by atoms with Crippen LogP contribution in [0.3, 0.4) is 0 Å². The van der Waals surface area contributed by atoms with Crippen LogP contribution in [0.15, 0.2) is 0 Å². The van der Waals surface area contributed by atoms with Crippen molar-refractivity contribution in [3.8, 4) is 0 Å². The van der Waals surface area contributed by atoms with E-state index >= 15 is 0 Å². The number of hydrogen-bond acceptors (Lipinski definition) is 2. The normalized spacial score (nSPS) is 11.8. The SMILES string of the molecule is O=[As](O)(O)OCl. The second-order valence-corrected chi connectivity index (χ2v) is 3.62. The third-order valence-electron chi connectivity index (χ3n) is 0.0899.